The lowest BCUT2D eigenvalue weighted by atomic mass is 10.3. The summed E-state index contributed by atoms with van der Waals surface area (Å²) in [7, 11) is -1.90. The highest BCUT2D eigenvalue weighted by Gasteiger charge is 2.34. The molecule has 0 nitrogen and oxygen atoms in total. The third-order valence-electron chi connectivity index (χ3n) is 3.84. The van der Waals surface area contributed by atoms with Crippen LogP contribution >= 0.6 is 22.7 Å². The molecule has 128 valence electrons. The van der Waals surface area contributed by atoms with Gasteiger partial charge in [0.15, 0.2) is 23.3 Å². The fourth-order valence-electron chi connectivity index (χ4n) is 2.74. The minimum Gasteiger partial charge on any atom is -0.202 e. The molecule has 0 fully saturated rings. The summed E-state index contributed by atoms with van der Waals surface area (Å²) < 4.78 is 69.9. The number of rotatable bonds is 1. The van der Waals surface area contributed by atoms with Crippen molar-refractivity contribution in [3.05, 3.63) is 77.6 Å². The van der Waals surface area contributed by atoms with Crippen molar-refractivity contribution in [3.8, 4) is 0 Å². The van der Waals surface area contributed by atoms with Gasteiger partial charge in [-0.1, -0.05) is 36.0 Å². The van der Waals surface area contributed by atoms with Gasteiger partial charge in [-0.3, -0.25) is 0 Å². The van der Waals surface area contributed by atoms with Crippen LogP contribution < -0.4 is 0 Å². The first-order chi connectivity index (χ1) is 12.0. The van der Waals surface area contributed by atoms with Gasteiger partial charge in [0.2, 0.25) is 5.82 Å². The fourth-order valence-corrected chi connectivity index (χ4v) is 6.82. The summed E-state index contributed by atoms with van der Waals surface area (Å²) in [5, 5.41) is 0. The highest BCUT2D eigenvalue weighted by molar-refractivity contribution is 8.18. The van der Waals surface area contributed by atoms with Crippen LogP contribution in [0.1, 0.15) is 0 Å². The number of hydrogen-bond donors (Lipinski definition) is 1. The number of thiol groups is 1. The molecule has 4 rings (SSSR count). The van der Waals surface area contributed by atoms with E-state index >= 15 is 0 Å². The molecular weight excluding hydrogens is 375 g/mol. The molecule has 3 aromatic rings. The first kappa shape index (κ1) is 16.5. The molecule has 1 aliphatic heterocycles. The zero-order valence-electron chi connectivity index (χ0n) is 12.4. The summed E-state index contributed by atoms with van der Waals surface area (Å²) >= 11 is 1.41. The monoisotopic (exact) mass is 384 g/mol. The van der Waals surface area contributed by atoms with Gasteiger partial charge in [0.05, 0.1) is 4.90 Å². The molecule has 0 bridgehead atoms. The van der Waals surface area contributed by atoms with Crippen LogP contribution in [0.3, 0.4) is 0 Å². The lowest BCUT2D eigenvalue weighted by molar-refractivity contribution is 0.360. The zero-order valence-corrected chi connectivity index (χ0v) is 14.1. The zero-order chi connectivity index (χ0) is 17.7. The average Bonchev–Trinajstić information content (AvgIpc) is 2.64. The van der Waals surface area contributed by atoms with Gasteiger partial charge >= 0.3 is 0 Å². The van der Waals surface area contributed by atoms with E-state index in [1.807, 2.05) is 0 Å². The van der Waals surface area contributed by atoms with Crippen molar-refractivity contribution in [2.24, 2.45) is 0 Å². The van der Waals surface area contributed by atoms with Crippen LogP contribution in [0.25, 0.3) is 0 Å². The van der Waals surface area contributed by atoms with Crippen LogP contribution in [0.5, 0.6) is 0 Å². The Labute approximate surface area is 147 Å². The van der Waals surface area contributed by atoms with Crippen LogP contribution in [-0.4, -0.2) is 0 Å². The normalized spacial score (nSPS) is 14.2. The molecule has 0 spiro atoms. The highest BCUT2D eigenvalue weighted by Crippen LogP contribution is 2.62. The van der Waals surface area contributed by atoms with Gasteiger partial charge in [-0.15, -0.1) is 0 Å². The second-order valence-electron chi connectivity index (χ2n) is 5.29. The van der Waals surface area contributed by atoms with E-state index < -0.39 is 44.9 Å². The molecule has 0 N–H and O–H groups in total. The summed E-state index contributed by atoms with van der Waals surface area (Å²) in [6, 6.07) is 13.8. The smallest absolute Gasteiger partial charge is 0.200 e. The largest absolute Gasteiger partial charge is 0.202 e. The van der Waals surface area contributed by atoms with Gasteiger partial charge in [-0.2, -0.15) is 10.9 Å². The number of halogens is 5. The van der Waals surface area contributed by atoms with Crippen molar-refractivity contribution >= 4 is 22.7 Å². The molecule has 0 saturated heterocycles. The van der Waals surface area contributed by atoms with Gasteiger partial charge in [0.1, 0.15) is 0 Å². The topological polar surface area (TPSA) is 0 Å². The van der Waals surface area contributed by atoms with E-state index in [9.17, 15) is 22.0 Å². The lowest BCUT2D eigenvalue weighted by Gasteiger charge is -2.31. The molecule has 3 aromatic carbocycles. The molecule has 1 heterocycles. The first-order valence-electron chi connectivity index (χ1n) is 7.18. The quantitative estimate of drug-likeness (QED) is 0.173. The second-order valence-corrected chi connectivity index (χ2v) is 8.46. The second kappa shape index (κ2) is 6.07. The van der Waals surface area contributed by atoms with Crippen molar-refractivity contribution in [1.82, 2.24) is 0 Å². The minimum absolute atomic E-state index is 0.574. The Balaban J connectivity index is 2.08. The average molecular weight is 384 g/mol. The predicted octanol–water partition coefficient (Wildman–Crippen LogP) is 6.33. The Kier molecular flexibility index (Phi) is 4.00. The van der Waals surface area contributed by atoms with Crippen LogP contribution in [0, 0.1) is 29.1 Å². The molecule has 0 amide bonds. The molecule has 0 radical (unpaired) electrons. The van der Waals surface area contributed by atoms with Crippen LogP contribution in [0.2, 0.25) is 0 Å². The van der Waals surface area contributed by atoms with Crippen LogP contribution in [-0.2, 0) is 0 Å². The van der Waals surface area contributed by atoms with Crippen LogP contribution in [0.15, 0.2) is 73.0 Å². The van der Waals surface area contributed by atoms with E-state index in [0.29, 0.717) is 9.79 Å². The van der Waals surface area contributed by atoms with E-state index in [1.54, 1.807) is 48.5 Å². The van der Waals surface area contributed by atoms with Gasteiger partial charge in [0, 0.05) is 19.6 Å². The lowest BCUT2D eigenvalue weighted by Crippen LogP contribution is -2.08. The molecule has 0 unspecified atom stereocenters. The van der Waals surface area contributed by atoms with Gasteiger partial charge in [-0.05, 0) is 24.3 Å². The Hall–Kier alpha value is -1.99. The van der Waals surface area contributed by atoms with Crippen molar-refractivity contribution in [2.75, 3.05) is 0 Å². The standard InChI is InChI=1S/C18H9F5S2/c19-13-14(20)16(22)18(17(23)15(13)21)25-11-7-3-1-5-9(11)24-10-6-2-4-8-12(10)25/h1-8,25H. The van der Waals surface area contributed by atoms with Crippen molar-refractivity contribution < 1.29 is 22.0 Å². The van der Waals surface area contributed by atoms with Gasteiger partial charge < -0.3 is 0 Å². The minimum atomic E-state index is -2.14. The maximum absolute atomic E-state index is 14.5. The Morgan fingerprint density at radius 1 is 0.560 bits per heavy atom. The highest BCUT2D eigenvalue weighted by atomic mass is 32.2. The summed E-state index contributed by atoms with van der Waals surface area (Å²) in [6.07, 6.45) is 0. The van der Waals surface area contributed by atoms with E-state index in [1.165, 1.54) is 11.8 Å². The van der Waals surface area contributed by atoms with E-state index in [-0.39, 0.29) is 0 Å². The summed E-state index contributed by atoms with van der Waals surface area (Å²) in [4.78, 5) is 1.88. The Morgan fingerprint density at radius 3 is 1.44 bits per heavy atom. The molecule has 0 aromatic heterocycles. The Bertz CT molecular complexity index is 928. The molecule has 25 heavy (non-hydrogen) atoms. The summed E-state index contributed by atoms with van der Waals surface area (Å²) in [6.45, 7) is 0. The van der Waals surface area contributed by atoms with Gasteiger partial charge in [-0.25, -0.2) is 22.0 Å². The van der Waals surface area contributed by atoms with Gasteiger partial charge in [0.25, 0.3) is 0 Å². The van der Waals surface area contributed by atoms with Crippen LogP contribution in [0.4, 0.5) is 22.0 Å². The number of fused-ring (bicyclic) bond motifs is 2. The maximum Gasteiger partial charge on any atom is 0.200 e. The maximum atomic E-state index is 14.5. The summed E-state index contributed by atoms with van der Waals surface area (Å²) in [5.74, 6) is -9.49. The molecule has 0 aliphatic carbocycles. The number of hydrogen-bond acceptors (Lipinski definition) is 1. The molecule has 0 atom stereocenters. The predicted molar refractivity (Wildman–Crippen MR) is 87.0 cm³/mol. The van der Waals surface area contributed by atoms with E-state index in [0.717, 1.165) is 9.79 Å². The number of benzene rings is 3. The van der Waals surface area contributed by atoms with E-state index in [2.05, 4.69) is 0 Å². The SMILES string of the molecule is Fc1c(F)c(F)c([SH]2c3ccccc3Sc3ccccc32)c(F)c1F. The molecular formula is C18H9F5S2. The van der Waals surface area contributed by atoms with Crippen molar-refractivity contribution in [1.29, 1.82) is 0 Å². The first-order valence-corrected chi connectivity index (χ1v) is 9.34. The summed E-state index contributed by atoms with van der Waals surface area (Å²) in [5.41, 5.74) is 0. The Morgan fingerprint density at radius 2 is 0.960 bits per heavy atom. The van der Waals surface area contributed by atoms with Crippen molar-refractivity contribution in [2.45, 2.75) is 24.5 Å². The fraction of sp³-hybridized carbons (Fsp3) is 0. The molecule has 7 heteroatoms. The molecule has 1 aliphatic rings. The van der Waals surface area contributed by atoms with E-state index in [4.69, 9.17) is 0 Å². The molecule has 0 saturated carbocycles. The third-order valence-corrected chi connectivity index (χ3v) is 7.88. The van der Waals surface area contributed by atoms with Crippen molar-refractivity contribution in [3.63, 3.8) is 0 Å². The third kappa shape index (κ3) is 2.45.